The van der Waals surface area contributed by atoms with Crippen molar-refractivity contribution in [1.29, 1.82) is 0 Å². The molecule has 0 fully saturated rings. The van der Waals surface area contributed by atoms with Gasteiger partial charge < -0.3 is 5.32 Å². The number of halogens is 7. The van der Waals surface area contributed by atoms with Gasteiger partial charge in [-0.15, -0.1) is 0 Å². The minimum absolute atomic E-state index is 0.00205. The third-order valence-electron chi connectivity index (χ3n) is 5.81. The largest absolute Gasteiger partial charge is 0.419 e. The van der Waals surface area contributed by atoms with Gasteiger partial charge in [-0.05, 0) is 59.5 Å². The first-order chi connectivity index (χ1) is 17.3. The van der Waals surface area contributed by atoms with Crippen LogP contribution in [0.15, 0.2) is 53.4 Å². The molecule has 0 saturated carbocycles. The van der Waals surface area contributed by atoms with Crippen molar-refractivity contribution in [3.05, 3.63) is 91.7 Å². The zero-order valence-corrected chi connectivity index (χ0v) is 21.8. The monoisotopic (exact) mass is 594 g/mol. The first kappa shape index (κ1) is 27.7. The smallest absolute Gasteiger partial charge is 0.324 e. The van der Waals surface area contributed by atoms with Gasteiger partial charge in [0.15, 0.2) is 0 Å². The number of carbonyl (C=O) groups excluding carboxylic acids is 1. The van der Waals surface area contributed by atoms with Crippen molar-refractivity contribution in [2.24, 2.45) is 0 Å². The van der Waals surface area contributed by atoms with Gasteiger partial charge in [0.25, 0.3) is 0 Å². The molecule has 196 valence electrons. The fourth-order valence-electron chi connectivity index (χ4n) is 4.00. The van der Waals surface area contributed by atoms with E-state index in [-0.39, 0.29) is 50.7 Å². The maximum absolute atomic E-state index is 13.9. The van der Waals surface area contributed by atoms with Crippen LogP contribution in [0.4, 0.5) is 23.2 Å². The summed E-state index contributed by atoms with van der Waals surface area (Å²) in [4.78, 5) is 12.6. The number of alkyl halides is 3. The lowest BCUT2D eigenvalue weighted by Crippen LogP contribution is -2.36. The number of nitrogens with one attached hydrogen (secondary N) is 1. The standard InChI is InChI=1S/C24H17Cl3F4N2O3S/c25-18-6-3-15(11-20(18)27)37(35,36)33-8-7-16-14(12-33)2-5-19(26)23(16)32-22(34)10-13-1-4-17(21(28)9-13)24(29,30)31/h1-6,9,11H,7-8,10,12H2,(H,32,34). The summed E-state index contributed by atoms with van der Waals surface area (Å²) in [5.41, 5.74) is 0.123. The number of nitrogens with zero attached hydrogens (tertiary/aromatic N) is 1. The van der Waals surface area contributed by atoms with Crippen LogP contribution >= 0.6 is 34.8 Å². The Labute approximate surface area is 225 Å². The second kappa shape index (κ2) is 10.4. The van der Waals surface area contributed by atoms with Crippen molar-refractivity contribution in [3.8, 4) is 0 Å². The fourth-order valence-corrected chi connectivity index (χ4v) is 6.03. The van der Waals surface area contributed by atoms with Gasteiger partial charge in [-0.1, -0.05) is 46.9 Å². The summed E-state index contributed by atoms with van der Waals surface area (Å²) in [5.74, 6) is -2.10. The van der Waals surface area contributed by atoms with E-state index in [9.17, 15) is 30.8 Å². The quantitative estimate of drug-likeness (QED) is 0.333. The van der Waals surface area contributed by atoms with Gasteiger partial charge in [0.2, 0.25) is 15.9 Å². The SMILES string of the molecule is O=C(Cc1ccc(C(F)(F)F)c(F)c1)Nc1c(Cl)ccc2c1CCN(S(=O)(=O)c1ccc(Cl)c(Cl)c1)C2. The minimum atomic E-state index is -4.84. The number of rotatable bonds is 5. The van der Waals surface area contributed by atoms with Gasteiger partial charge in [0.1, 0.15) is 5.82 Å². The molecule has 0 bridgehead atoms. The van der Waals surface area contributed by atoms with Crippen LogP contribution in [-0.2, 0) is 40.4 Å². The normalized spacial score (nSPS) is 14.4. The van der Waals surface area contributed by atoms with Crippen LogP contribution in [0.25, 0.3) is 0 Å². The molecular weight excluding hydrogens is 579 g/mol. The lowest BCUT2D eigenvalue weighted by molar-refractivity contribution is -0.140. The second-order valence-corrected chi connectivity index (χ2v) is 11.4. The molecule has 5 nitrogen and oxygen atoms in total. The Hall–Kier alpha value is -2.37. The molecule has 1 heterocycles. The van der Waals surface area contributed by atoms with Crippen LogP contribution in [0.5, 0.6) is 0 Å². The first-order valence-electron chi connectivity index (χ1n) is 10.7. The molecule has 0 unspecified atom stereocenters. The Morgan fingerprint density at radius 3 is 2.32 bits per heavy atom. The van der Waals surface area contributed by atoms with Gasteiger partial charge >= 0.3 is 6.18 Å². The summed E-state index contributed by atoms with van der Waals surface area (Å²) in [6.07, 6.45) is -5.02. The third-order valence-corrected chi connectivity index (χ3v) is 8.71. The maximum Gasteiger partial charge on any atom is 0.419 e. The van der Waals surface area contributed by atoms with E-state index >= 15 is 0 Å². The van der Waals surface area contributed by atoms with Crippen molar-refractivity contribution in [2.75, 3.05) is 11.9 Å². The van der Waals surface area contributed by atoms with Crippen LogP contribution < -0.4 is 5.32 Å². The molecule has 3 aromatic carbocycles. The zero-order valence-electron chi connectivity index (χ0n) is 18.7. The Kier molecular flexibility index (Phi) is 7.79. The Morgan fingerprint density at radius 2 is 1.68 bits per heavy atom. The van der Waals surface area contributed by atoms with Crippen molar-refractivity contribution in [1.82, 2.24) is 4.31 Å². The molecule has 13 heteroatoms. The number of fused-ring (bicyclic) bond motifs is 1. The van der Waals surface area contributed by atoms with E-state index in [2.05, 4.69) is 5.32 Å². The Morgan fingerprint density at radius 1 is 0.973 bits per heavy atom. The molecule has 0 radical (unpaired) electrons. The van der Waals surface area contributed by atoms with Crippen LogP contribution in [0.2, 0.25) is 15.1 Å². The van der Waals surface area contributed by atoms with Crippen molar-refractivity contribution in [2.45, 2.75) is 30.5 Å². The number of sulfonamides is 1. The topological polar surface area (TPSA) is 66.5 Å². The van der Waals surface area contributed by atoms with Crippen LogP contribution in [0, 0.1) is 5.82 Å². The molecule has 1 N–H and O–H groups in total. The van der Waals surface area contributed by atoms with E-state index in [0.29, 0.717) is 23.3 Å². The number of amides is 1. The van der Waals surface area contributed by atoms with E-state index < -0.39 is 39.9 Å². The predicted octanol–water partition coefficient (Wildman–Crippen LogP) is 6.73. The highest BCUT2D eigenvalue weighted by Gasteiger charge is 2.34. The Balaban J connectivity index is 1.53. The number of benzene rings is 3. The van der Waals surface area contributed by atoms with Gasteiger partial charge in [0.05, 0.1) is 37.6 Å². The average Bonchev–Trinajstić information content (AvgIpc) is 2.81. The zero-order chi connectivity index (χ0) is 27.1. The van der Waals surface area contributed by atoms with Crippen LogP contribution in [0.1, 0.15) is 22.3 Å². The molecule has 37 heavy (non-hydrogen) atoms. The van der Waals surface area contributed by atoms with Gasteiger partial charge in [-0.25, -0.2) is 12.8 Å². The lowest BCUT2D eigenvalue weighted by Gasteiger charge is -2.30. The highest BCUT2D eigenvalue weighted by molar-refractivity contribution is 7.89. The van der Waals surface area contributed by atoms with E-state index in [4.69, 9.17) is 34.8 Å². The lowest BCUT2D eigenvalue weighted by atomic mass is 9.98. The highest BCUT2D eigenvalue weighted by Crippen LogP contribution is 2.36. The van der Waals surface area contributed by atoms with Crippen molar-refractivity contribution in [3.63, 3.8) is 0 Å². The molecule has 0 spiro atoms. The van der Waals surface area contributed by atoms with E-state index in [1.54, 1.807) is 6.07 Å². The summed E-state index contributed by atoms with van der Waals surface area (Å²) in [7, 11) is -3.89. The number of carbonyl (C=O) groups is 1. The number of hydrogen-bond acceptors (Lipinski definition) is 3. The summed E-state index contributed by atoms with van der Waals surface area (Å²) < 4.78 is 79.7. The summed E-state index contributed by atoms with van der Waals surface area (Å²) in [6, 6.07) is 9.44. The van der Waals surface area contributed by atoms with E-state index in [0.717, 1.165) is 6.07 Å². The van der Waals surface area contributed by atoms with Gasteiger partial charge in [-0.3, -0.25) is 4.79 Å². The molecule has 0 aromatic heterocycles. The second-order valence-electron chi connectivity index (χ2n) is 8.26. The summed E-state index contributed by atoms with van der Waals surface area (Å²) in [6.45, 7) is 0.0883. The maximum atomic E-state index is 13.9. The highest BCUT2D eigenvalue weighted by atomic mass is 35.5. The number of anilines is 1. The first-order valence-corrected chi connectivity index (χ1v) is 13.3. The summed E-state index contributed by atoms with van der Waals surface area (Å²) in [5, 5.41) is 3.16. The van der Waals surface area contributed by atoms with E-state index in [1.165, 1.54) is 28.6 Å². The van der Waals surface area contributed by atoms with Crippen molar-refractivity contribution < 1.29 is 30.8 Å². The molecule has 1 amide bonds. The van der Waals surface area contributed by atoms with Crippen LogP contribution in [0.3, 0.4) is 0 Å². The minimum Gasteiger partial charge on any atom is -0.324 e. The van der Waals surface area contributed by atoms with E-state index in [1.807, 2.05) is 0 Å². The number of hydrogen-bond donors (Lipinski definition) is 1. The molecule has 1 aliphatic heterocycles. The molecule has 1 aliphatic rings. The predicted molar refractivity (Wildman–Crippen MR) is 133 cm³/mol. The third kappa shape index (κ3) is 5.88. The molecule has 0 saturated heterocycles. The van der Waals surface area contributed by atoms with Gasteiger partial charge in [0, 0.05) is 13.1 Å². The average molecular weight is 596 g/mol. The van der Waals surface area contributed by atoms with Gasteiger partial charge in [-0.2, -0.15) is 17.5 Å². The fraction of sp³-hybridized carbons (Fsp3) is 0.208. The van der Waals surface area contributed by atoms with Crippen molar-refractivity contribution >= 4 is 56.4 Å². The molecular formula is C24H17Cl3F4N2O3S. The molecule has 0 atom stereocenters. The molecule has 3 aromatic rings. The summed E-state index contributed by atoms with van der Waals surface area (Å²) >= 11 is 18.2. The van der Waals surface area contributed by atoms with Crippen LogP contribution in [-0.4, -0.2) is 25.2 Å². The Bertz CT molecular complexity index is 1500. The molecule has 0 aliphatic carbocycles. The molecule has 4 rings (SSSR count).